The lowest BCUT2D eigenvalue weighted by Gasteiger charge is -2.05. The third kappa shape index (κ3) is 2.22. The van der Waals surface area contributed by atoms with Crippen molar-refractivity contribution < 1.29 is 4.79 Å². The second kappa shape index (κ2) is 3.56. The molecule has 0 aromatic rings. The van der Waals surface area contributed by atoms with Gasteiger partial charge in [-0.15, -0.1) is 0 Å². The van der Waals surface area contributed by atoms with Gasteiger partial charge in [-0.3, -0.25) is 9.79 Å². The molecule has 1 saturated carbocycles. The molecule has 0 radical (unpaired) electrons. The molecule has 1 amide bonds. The minimum Gasteiger partial charge on any atom is -0.387 e. The van der Waals surface area contributed by atoms with Gasteiger partial charge in [-0.2, -0.15) is 0 Å². The summed E-state index contributed by atoms with van der Waals surface area (Å²) in [5, 5.41) is 2.53. The first kappa shape index (κ1) is 9.03. The van der Waals surface area contributed by atoms with Gasteiger partial charge in [-0.1, -0.05) is 0 Å². The monoisotopic (exact) mass is 169 g/mol. The molecule has 1 aliphatic rings. The lowest BCUT2D eigenvalue weighted by Crippen LogP contribution is -2.30. The zero-order valence-corrected chi connectivity index (χ0v) is 7.50. The Kier molecular flexibility index (Phi) is 2.68. The molecule has 0 aromatic heterocycles. The Balaban J connectivity index is 2.46. The summed E-state index contributed by atoms with van der Waals surface area (Å²) < 4.78 is 0. The molecule has 1 fully saturated rings. The van der Waals surface area contributed by atoms with Crippen molar-refractivity contribution in [2.45, 2.75) is 25.8 Å². The molecule has 1 atom stereocenters. The van der Waals surface area contributed by atoms with Crippen LogP contribution >= 0.6 is 0 Å². The number of nitrogens with two attached hydrogens (primary N) is 1. The first-order valence-electron chi connectivity index (χ1n) is 4.20. The van der Waals surface area contributed by atoms with Gasteiger partial charge < -0.3 is 11.1 Å². The molecule has 3 N–H and O–H groups in total. The maximum absolute atomic E-state index is 11.0. The topological polar surface area (TPSA) is 67.5 Å². The first-order valence-corrected chi connectivity index (χ1v) is 4.20. The fraction of sp³-hybridized carbons (Fsp3) is 0.750. The van der Waals surface area contributed by atoms with Crippen LogP contribution < -0.4 is 11.1 Å². The maximum Gasteiger partial charge on any atom is 0.244 e. The van der Waals surface area contributed by atoms with Gasteiger partial charge in [0.1, 0.15) is 6.04 Å². The molecule has 1 aliphatic carbocycles. The molecule has 0 spiro atoms. The Morgan fingerprint density at radius 1 is 1.67 bits per heavy atom. The Morgan fingerprint density at radius 2 is 2.25 bits per heavy atom. The summed E-state index contributed by atoms with van der Waals surface area (Å²) in [5.74, 6) is 0.988. The normalized spacial score (nSPS) is 20.3. The summed E-state index contributed by atoms with van der Waals surface area (Å²) in [6, 6.07) is -0.351. The third-order valence-corrected chi connectivity index (χ3v) is 1.96. The highest BCUT2D eigenvalue weighted by molar-refractivity contribution is 5.89. The van der Waals surface area contributed by atoms with Gasteiger partial charge in [0.2, 0.25) is 5.91 Å². The van der Waals surface area contributed by atoms with E-state index >= 15 is 0 Å². The molecule has 0 saturated heterocycles. The van der Waals surface area contributed by atoms with Gasteiger partial charge in [-0.05, 0) is 19.8 Å². The lowest BCUT2D eigenvalue weighted by atomic mass is 10.3. The van der Waals surface area contributed by atoms with Crippen molar-refractivity contribution in [3.63, 3.8) is 0 Å². The van der Waals surface area contributed by atoms with Crippen LogP contribution in [-0.2, 0) is 4.79 Å². The van der Waals surface area contributed by atoms with E-state index in [1.54, 1.807) is 14.0 Å². The summed E-state index contributed by atoms with van der Waals surface area (Å²) in [6.45, 7) is 1.74. The van der Waals surface area contributed by atoms with Crippen LogP contribution in [-0.4, -0.2) is 24.8 Å². The highest BCUT2D eigenvalue weighted by Gasteiger charge is 2.26. The number of hydrogen-bond acceptors (Lipinski definition) is 2. The smallest absolute Gasteiger partial charge is 0.244 e. The number of carbonyl (C=O) groups excluding carboxylic acids is 1. The number of carbonyl (C=O) groups is 1. The molecular formula is C8H15N3O. The molecule has 0 heterocycles. The minimum absolute atomic E-state index is 0.0846. The van der Waals surface area contributed by atoms with E-state index in [9.17, 15) is 4.79 Å². The summed E-state index contributed by atoms with van der Waals surface area (Å²) in [5.41, 5.74) is 5.64. The van der Waals surface area contributed by atoms with Gasteiger partial charge in [0.05, 0.1) is 5.84 Å². The number of likely N-dealkylation sites (N-methyl/N-ethyl adjacent to an activating group) is 1. The number of nitrogens with one attached hydrogen (secondary N) is 1. The number of amidine groups is 1. The number of nitrogens with zero attached hydrogens (tertiary/aromatic N) is 1. The fourth-order valence-electron chi connectivity index (χ4n) is 0.976. The molecule has 12 heavy (non-hydrogen) atoms. The third-order valence-electron chi connectivity index (χ3n) is 1.96. The Morgan fingerprint density at radius 3 is 2.67 bits per heavy atom. The van der Waals surface area contributed by atoms with Gasteiger partial charge >= 0.3 is 0 Å². The number of rotatable bonds is 3. The molecule has 68 valence electrons. The predicted octanol–water partition coefficient (Wildman–Crippen LogP) is -0.112. The van der Waals surface area contributed by atoms with Crippen molar-refractivity contribution in [2.24, 2.45) is 16.6 Å². The van der Waals surface area contributed by atoms with Crippen molar-refractivity contribution in [1.29, 1.82) is 0 Å². The second-order valence-electron chi connectivity index (χ2n) is 3.12. The minimum atomic E-state index is -0.351. The van der Waals surface area contributed by atoms with Gasteiger partial charge in [-0.25, -0.2) is 0 Å². The summed E-state index contributed by atoms with van der Waals surface area (Å²) in [4.78, 5) is 15.1. The van der Waals surface area contributed by atoms with E-state index in [2.05, 4.69) is 10.3 Å². The standard InChI is InChI=1S/C8H15N3O/c1-5(8(12)10-2)11-7(9)6-3-4-6/h5-6H,3-4H2,1-2H3,(H2,9,11)(H,10,12). The highest BCUT2D eigenvalue weighted by atomic mass is 16.2. The molecular weight excluding hydrogens is 154 g/mol. The molecule has 1 rings (SSSR count). The largest absolute Gasteiger partial charge is 0.387 e. The van der Waals surface area contributed by atoms with E-state index in [-0.39, 0.29) is 11.9 Å². The van der Waals surface area contributed by atoms with Crippen LogP contribution in [0.3, 0.4) is 0 Å². The van der Waals surface area contributed by atoms with Gasteiger partial charge in [0, 0.05) is 13.0 Å². The number of aliphatic imine (C=N–C) groups is 1. The van der Waals surface area contributed by atoms with Crippen LogP contribution in [0.1, 0.15) is 19.8 Å². The molecule has 1 unspecified atom stereocenters. The van der Waals surface area contributed by atoms with Crippen LogP contribution in [0.25, 0.3) is 0 Å². The van der Waals surface area contributed by atoms with Crippen LogP contribution in [0.2, 0.25) is 0 Å². The summed E-state index contributed by atoms with van der Waals surface area (Å²) >= 11 is 0. The van der Waals surface area contributed by atoms with Gasteiger partial charge in [0.25, 0.3) is 0 Å². The zero-order chi connectivity index (χ0) is 9.14. The highest BCUT2D eigenvalue weighted by Crippen LogP contribution is 2.28. The van der Waals surface area contributed by atoms with E-state index in [1.807, 2.05) is 0 Å². The zero-order valence-electron chi connectivity index (χ0n) is 7.50. The number of hydrogen-bond donors (Lipinski definition) is 2. The summed E-state index contributed by atoms with van der Waals surface area (Å²) in [7, 11) is 1.60. The quantitative estimate of drug-likeness (QED) is 0.457. The Hall–Kier alpha value is -1.06. The molecule has 0 aliphatic heterocycles. The van der Waals surface area contributed by atoms with Crippen molar-refractivity contribution >= 4 is 11.7 Å². The van der Waals surface area contributed by atoms with Gasteiger partial charge in [0.15, 0.2) is 0 Å². The summed E-state index contributed by atoms with van der Waals surface area (Å²) in [6.07, 6.45) is 2.24. The molecule has 0 bridgehead atoms. The fourth-order valence-corrected chi connectivity index (χ4v) is 0.976. The average molecular weight is 169 g/mol. The second-order valence-corrected chi connectivity index (χ2v) is 3.12. The molecule has 4 nitrogen and oxygen atoms in total. The van der Waals surface area contributed by atoms with Crippen molar-refractivity contribution in [1.82, 2.24) is 5.32 Å². The molecule has 0 aromatic carbocycles. The van der Waals surface area contributed by atoms with Crippen LogP contribution in [0.15, 0.2) is 4.99 Å². The average Bonchev–Trinajstić information content (AvgIpc) is 2.84. The predicted molar refractivity (Wildman–Crippen MR) is 47.9 cm³/mol. The van der Waals surface area contributed by atoms with Crippen LogP contribution in [0, 0.1) is 5.92 Å². The van der Waals surface area contributed by atoms with Crippen molar-refractivity contribution in [2.75, 3.05) is 7.05 Å². The van der Waals surface area contributed by atoms with E-state index in [1.165, 1.54) is 0 Å². The van der Waals surface area contributed by atoms with Crippen LogP contribution in [0.5, 0.6) is 0 Å². The first-order chi connectivity index (χ1) is 5.65. The maximum atomic E-state index is 11.0. The Bertz CT molecular complexity index is 208. The van der Waals surface area contributed by atoms with Crippen molar-refractivity contribution in [3.05, 3.63) is 0 Å². The lowest BCUT2D eigenvalue weighted by molar-refractivity contribution is -0.121. The van der Waals surface area contributed by atoms with E-state index in [0.717, 1.165) is 12.8 Å². The van der Waals surface area contributed by atoms with Crippen LogP contribution in [0.4, 0.5) is 0 Å². The number of amides is 1. The molecule has 4 heteroatoms. The van der Waals surface area contributed by atoms with E-state index in [0.29, 0.717) is 11.8 Å². The van der Waals surface area contributed by atoms with Crippen molar-refractivity contribution in [3.8, 4) is 0 Å². The van der Waals surface area contributed by atoms with E-state index < -0.39 is 0 Å². The SMILES string of the molecule is CNC(=O)C(C)N=C(N)C1CC1. The van der Waals surface area contributed by atoms with E-state index in [4.69, 9.17) is 5.73 Å². The Labute approximate surface area is 72.2 Å².